The summed E-state index contributed by atoms with van der Waals surface area (Å²) in [5.41, 5.74) is 1.10. The Kier molecular flexibility index (Phi) is 4.07. The summed E-state index contributed by atoms with van der Waals surface area (Å²) in [5, 5.41) is 8.32. The Hall–Kier alpha value is -1.27. The molecule has 0 saturated carbocycles. The van der Waals surface area contributed by atoms with Crippen LogP contribution in [0.2, 0.25) is 0 Å². The molecule has 0 unspecified atom stereocenters. The minimum atomic E-state index is 0.797. The van der Waals surface area contributed by atoms with Gasteiger partial charge in [-0.2, -0.15) is 5.26 Å². The molecule has 3 heteroatoms. The van der Waals surface area contributed by atoms with Crippen molar-refractivity contribution >= 4 is 0 Å². The third-order valence-electron chi connectivity index (χ3n) is 1.85. The van der Waals surface area contributed by atoms with E-state index in [1.807, 2.05) is 19.1 Å². The molecular weight excluding hydrogens is 164 g/mol. The van der Waals surface area contributed by atoms with Crippen molar-refractivity contribution in [1.82, 2.24) is 4.90 Å². The minimum Gasteiger partial charge on any atom is -0.378 e. The molecule has 0 atom stereocenters. The largest absolute Gasteiger partial charge is 0.378 e. The summed E-state index contributed by atoms with van der Waals surface area (Å²) in [4.78, 5) is 2.21. The van der Waals surface area contributed by atoms with Gasteiger partial charge in [0.1, 0.15) is 0 Å². The Balaban J connectivity index is 2.44. The van der Waals surface area contributed by atoms with E-state index in [9.17, 15) is 0 Å². The number of hydrogen-bond donors (Lipinski definition) is 0. The highest BCUT2D eigenvalue weighted by Crippen LogP contribution is 2.02. The molecule has 0 aliphatic carbocycles. The molecule has 70 valence electrons. The van der Waals surface area contributed by atoms with E-state index in [-0.39, 0.29) is 0 Å². The normalized spacial score (nSPS) is 19.1. The summed E-state index contributed by atoms with van der Waals surface area (Å²) in [6.07, 6.45) is 5.37. The molecule has 1 aliphatic rings. The van der Waals surface area contributed by atoms with Crippen LogP contribution in [0.4, 0.5) is 0 Å². The third-order valence-corrected chi connectivity index (χ3v) is 1.85. The Morgan fingerprint density at radius 2 is 2.15 bits per heavy atom. The molecule has 3 nitrogen and oxygen atoms in total. The molecule has 0 aromatic rings. The van der Waals surface area contributed by atoms with E-state index in [0.29, 0.717) is 0 Å². The first-order valence-electron chi connectivity index (χ1n) is 4.39. The maximum absolute atomic E-state index is 8.32. The van der Waals surface area contributed by atoms with Crippen LogP contribution in [0.15, 0.2) is 23.9 Å². The van der Waals surface area contributed by atoms with Crippen LogP contribution in [0.5, 0.6) is 0 Å². The predicted molar refractivity (Wildman–Crippen MR) is 50.9 cm³/mol. The zero-order chi connectivity index (χ0) is 9.52. The fourth-order valence-electron chi connectivity index (χ4n) is 1.21. The number of rotatable bonds is 2. The number of nitrogens with zero attached hydrogens (tertiary/aromatic N) is 2. The van der Waals surface area contributed by atoms with Crippen LogP contribution in [0.3, 0.4) is 0 Å². The fraction of sp³-hybridized carbons (Fsp3) is 0.500. The van der Waals surface area contributed by atoms with Gasteiger partial charge in [0, 0.05) is 25.4 Å². The lowest BCUT2D eigenvalue weighted by Crippen LogP contribution is -2.32. The zero-order valence-electron chi connectivity index (χ0n) is 7.86. The van der Waals surface area contributed by atoms with Crippen LogP contribution in [-0.2, 0) is 4.74 Å². The van der Waals surface area contributed by atoms with E-state index >= 15 is 0 Å². The van der Waals surface area contributed by atoms with E-state index < -0.39 is 0 Å². The monoisotopic (exact) mass is 178 g/mol. The lowest BCUT2D eigenvalue weighted by atomic mass is 10.3. The Labute approximate surface area is 78.9 Å². The highest BCUT2D eigenvalue weighted by Gasteiger charge is 2.05. The predicted octanol–water partition coefficient (Wildman–Crippen LogP) is 1.30. The third kappa shape index (κ3) is 3.77. The summed E-state index contributed by atoms with van der Waals surface area (Å²) in [6, 6.07) is 1.97. The van der Waals surface area contributed by atoms with Crippen molar-refractivity contribution < 1.29 is 4.74 Å². The fourth-order valence-corrected chi connectivity index (χ4v) is 1.21. The van der Waals surface area contributed by atoms with Gasteiger partial charge in [-0.15, -0.1) is 0 Å². The second-order valence-electron chi connectivity index (χ2n) is 2.98. The number of morpholine rings is 1. The minimum absolute atomic E-state index is 0.797. The zero-order valence-corrected chi connectivity index (χ0v) is 7.86. The van der Waals surface area contributed by atoms with E-state index in [1.54, 1.807) is 0 Å². The van der Waals surface area contributed by atoms with Crippen molar-refractivity contribution in [2.75, 3.05) is 26.3 Å². The summed E-state index contributed by atoms with van der Waals surface area (Å²) in [7, 11) is 0. The second kappa shape index (κ2) is 5.39. The van der Waals surface area contributed by atoms with Gasteiger partial charge in [0.25, 0.3) is 0 Å². The van der Waals surface area contributed by atoms with Gasteiger partial charge in [-0.3, -0.25) is 0 Å². The molecule has 0 radical (unpaired) electrons. The van der Waals surface area contributed by atoms with Crippen LogP contribution in [0.1, 0.15) is 6.92 Å². The molecule has 1 rings (SSSR count). The number of nitriles is 1. The Morgan fingerprint density at radius 3 is 2.77 bits per heavy atom. The van der Waals surface area contributed by atoms with Gasteiger partial charge in [0.05, 0.1) is 19.3 Å². The SMILES string of the molecule is CC(C=CC#N)=CN1CCOCC1. The van der Waals surface area contributed by atoms with Crippen molar-refractivity contribution in [3.8, 4) is 6.07 Å². The summed E-state index contributed by atoms with van der Waals surface area (Å²) in [5.74, 6) is 0. The van der Waals surface area contributed by atoms with Crippen molar-refractivity contribution in [1.29, 1.82) is 5.26 Å². The quantitative estimate of drug-likeness (QED) is 0.472. The van der Waals surface area contributed by atoms with E-state index in [1.165, 1.54) is 6.08 Å². The van der Waals surface area contributed by atoms with Crippen LogP contribution < -0.4 is 0 Å². The molecule has 1 aliphatic heterocycles. The molecule has 13 heavy (non-hydrogen) atoms. The molecule has 1 saturated heterocycles. The molecule has 0 spiro atoms. The van der Waals surface area contributed by atoms with Crippen LogP contribution in [-0.4, -0.2) is 31.2 Å². The van der Waals surface area contributed by atoms with Gasteiger partial charge in [-0.1, -0.05) is 0 Å². The molecule has 0 amide bonds. The molecule has 0 aromatic carbocycles. The second-order valence-corrected chi connectivity index (χ2v) is 2.98. The van der Waals surface area contributed by atoms with Gasteiger partial charge in [-0.05, 0) is 18.6 Å². The van der Waals surface area contributed by atoms with Gasteiger partial charge < -0.3 is 9.64 Å². The van der Waals surface area contributed by atoms with Gasteiger partial charge >= 0.3 is 0 Å². The van der Waals surface area contributed by atoms with E-state index in [0.717, 1.165) is 31.9 Å². The molecule has 1 heterocycles. The van der Waals surface area contributed by atoms with Crippen molar-refractivity contribution in [3.63, 3.8) is 0 Å². The Bertz CT molecular complexity index is 244. The van der Waals surface area contributed by atoms with Crippen molar-refractivity contribution in [3.05, 3.63) is 23.9 Å². The topological polar surface area (TPSA) is 36.3 Å². The van der Waals surface area contributed by atoms with Crippen LogP contribution in [0.25, 0.3) is 0 Å². The van der Waals surface area contributed by atoms with Gasteiger partial charge in [-0.25, -0.2) is 0 Å². The Morgan fingerprint density at radius 1 is 1.46 bits per heavy atom. The highest BCUT2D eigenvalue weighted by atomic mass is 16.5. The van der Waals surface area contributed by atoms with Crippen LogP contribution >= 0.6 is 0 Å². The molecule has 1 fully saturated rings. The maximum atomic E-state index is 8.32. The molecule has 0 N–H and O–H groups in total. The standard InChI is InChI=1S/C10H14N2O/c1-10(3-2-4-11)9-12-5-7-13-8-6-12/h2-3,9H,5-8H2,1H3. The molecular formula is C10H14N2O. The lowest BCUT2D eigenvalue weighted by Gasteiger charge is -2.25. The summed E-state index contributed by atoms with van der Waals surface area (Å²) < 4.78 is 5.22. The summed E-state index contributed by atoms with van der Waals surface area (Å²) in [6.45, 7) is 5.47. The van der Waals surface area contributed by atoms with E-state index in [2.05, 4.69) is 11.1 Å². The molecule has 0 bridgehead atoms. The first kappa shape index (κ1) is 9.82. The smallest absolute Gasteiger partial charge is 0.0912 e. The average Bonchev–Trinajstić information content (AvgIpc) is 2.16. The average molecular weight is 178 g/mol. The van der Waals surface area contributed by atoms with Crippen molar-refractivity contribution in [2.45, 2.75) is 6.92 Å². The first-order chi connectivity index (χ1) is 6.33. The van der Waals surface area contributed by atoms with Gasteiger partial charge in [0.2, 0.25) is 0 Å². The summed E-state index contributed by atoms with van der Waals surface area (Å²) >= 11 is 0. The number of hydrogen-bond acceptors (Lipinski definition) is 3. The molecule has 0 aromatic heterocycles. The van der Waals surface area contributed by atoms with Gasteiger partial charge in [0.15, 0.2) is 0 Å². The first-order valence-corrected chi connectivity index (χ1v) is 4.39. The maximum Gasteiger partial charge on any atom is 0.0912 e. The number of allylic oxidation sites excluding steroid dienone is 3. The van der Waals surface area contributed by atoms with E-state index in [4.69, 9.17) is 10.00 Å². The highest BCUT2D eigenvalue weighted by molar-refractivity contribution is 5.20. The number of ether oxygens (including phenoxy) is 1. The van der Waals surface area contributed by atoms with Crippen molar-refractivity contribution in [2.24, 2.45) is 0 Å². The van der Waals surface area contributed by atoms with Crippen LogP contribution in [0, 0.1) is 11.3 Å². The lowest BCUT2D eigenvalue weighted by molar-refractivity contribution is 0.0591.